The first-order valence-electron chi connectivity index (χ1n) is 10.7. The minimum absolute atomic E-state index is 0.118. The van der Waals surface area contributed by atoms with Crippen molar-refractivity contribution >= 4 is 11.7 Å². The Hall–Kier alpha value is -4.15. The molecule has 3 aromatic rings. The molecular formula is C27H26N2O5. The van der Waals surface area contributed by atoms with Gasteiger partial charge in [-0.25, -0.2) is 0 Å². The highest BCUT2D eigenvalue weighted by Crippen LogP contribution is 2.47. The third-order valence-corrected chi connectivity index (χ3v) is 5.49. The van der Waals surface area contributed by atoms with Crippen LogP contribution in [-0.4, -0.2) is 35.6 Å². The number of rotatable bonds is 9. The van der Waals surface area contributed by atoms with Gasteiger partial charge in [0, 0.05) is 7.11 Å². The fourth-order valence-electron chi connectivity index (χ4n) is 3.48. The van der Waals surface area contributed by atoms with Crippen molar-refractivity contribution in [2.45, 2.75) is 18.9 Å². The highest BCUT2D eigenvalue weighted by Gasteiger charge is 2.44. The molecule has 3 aromatic carbocycles. The highest BCUT2D eigenvalue weighted by molar-refractivity contribution is 5.99. The van der Waals surface area contributed by atoms with Crippen molar-refractivity contribution < 1.29 is 24.5 Å². The average Bonchev–Trinajstić information content (AvgIpc) is 3.70. The molecule has 2 unspecified atom stereocenters. The third-order valence-electron chi connectivity index (χ3n) is 5.49. The first kappa shape index (κ1) is 24.5. The summed E-state index contributed by atoms with van der Waals surface area (Å²) in [6.07, 6.45) is 0.705. The number of nitrogens with zero attached hydrogens (tertiary/aromatic N) is 1. The van der Waals surface area contributed by atoms with Crippen molar-refractivity contribution in [1.82, 2.24) is 0 Å². The van der Waals surface area contributed by atoms with Crippen LogP contribution in [0.3, 0.4) is 0 Å². The molecular weight excluding hydrogens is 432 g/mol. The van der Waals surface area contributed by atoms with Crippen LogP contribution in [-0.2, 0) is 11.4 Å². The molecule has 174 valence electrons. The summed E-state index contributed by atoms with van der Waals surface area (Å²) < 4.78 is 11.5. The summed E-state index contributed by atoms with van der Waals surface area (Å²) in [5, 5.41) is 33.0. The lowest BCUT2D eigenvalue weighted by atomic mass is 10.1. The number of benzene rings is 3. The summed E-state index contributed by atoms with van der Waals surface area (Å²) in [5.41, 5.74) is 3.65. The van der Waals surface area contributed by atoms with E-state index in [2.05, 4.69) is 6.07 Å². The zero-order valence-electron chi connectivity index (χ0n) is 18.8. The van der Waals surface area contributed by atoms with Gasteiger partial charge in [0.15, 0.2) is 0 Å². The zero-order chi connectivity index (χ0) is 24.5. The van der Waals surface area contributed by atoms with E-state index in [1.165, 1.54) is 0 Å². The number of carboxylic acid groups (broad SMARTS) is 1. The fraction of sp³-hybridized carbons (Fsp3) is 0.222. The third kappa shape index (κ3) is 6.44. The Bertz CT molecular complexity index is 1150. The number of aliphatic hydroxyl groups is 1. The van der Waals surface area contributed by atoms with Gasteiger partial charge in [-0.2, -0.15) is 5.26 Å². The van der Waals surface area contributed by atoms with Crippen LogP contribution in [0.15, 0.2) is 72.8 Å². The number of hydrogen-bond donors (Lipinski definition) is 3. The van der Waals surface area contributed by atoms with E-state index >= 15 is 0 Å². The smallest absolute Gasteiger partial charge is 0.307 e. The summed E-state index contributed by atoms with van der Waals surface area (Å²) >= 11 is 0. The molecule has 1 saturated carbocycles. The Kier molecular flexibility index (Phi) is 8.38. The van der Waals surface area contributed by atoms with E-state index in [0.29, 0.717) is 30.1 Å². The van der Waals surface area contributed by atoms with Crippen LogP contribution in [0.2, 0.25) is 0 Å². The molecule has 0 bridgehead atoms. The molecule has 7 nitrogen and oxygen atoms in total. The molecule has 4 rings (SSSR count). The molecule has 1 fully saturated rings. The molecule has 0 spiro atoms. The molecule has 0 saturated heterocycles. The Morgan fingerprint density at radius 2 is 1.56 bits per heavy atom. The number of hydrogen-bond acceptors (Lipinski definition) is 6. The molecule has 3 N–H and O–H groups in total. The summed E-state index contributed by atoms with van der Waals surface area (Å²) in [7, 11) is 1.00. The predicted octanol–water partition coefficient (Wildman–Crippen LogP) is 4.38. The van der Waals surface area contributed by atoms with E-state index < -0.39 is 5.97 Å². The lowest BCUT2D eigenvalue weighted by Crippen LogP contribution is -2.11. The molecule has 7 heteroatoms. The van der Waals surface area contributed by atoms with Crippen LogP contribution in [0.5, 0.6) is 11.5 Å². The van der Waals surface area contributed by atoms with Crippen LogP contribution < -0.4 is 9.47 Å². The molecule has 0 amide bonds. The second kappa shape index (κ2) is 11.6. The zero-order valence-corrected chi connectivity index (χ0v) is 18.8. The SMILES string of the molecule is CO.N#Cc1ccc(C(=N)COc2ccc(COc3ccc(C4CC4C(=O)O)cc3)cc2)cc1. The normalized spacial score (nSPS) is 15.8. The molecule has 0 radical (unpaired) electrons. The van der Waals surface area contributed by atoms with Crippen molar-refractivity contribution in [3.63, 3.8) is 0 Å². The van der Waals surface area contributed by atoms with Gasteiger partial charge in [0.1, 0.15) is 24.7 Å². The Balaban J connectivity index is 0.00000158. The van der Waals surface area contributed by atoms with E-state index in [9.17, 15) is 4.79 Å². The van der Waals surface area contributed by atoms with Crippen LogP contribution in [0.4, 0.5) is 0 Å². The van der Waals surface area contributed by atoms with Gasteiger partial charge in [0.25, 0.3) is 0 Å². The Labute approximate surface area is 198 Å². The molecule has 34 heavy (non-hydrogen) atoms. The van der Waals surface area contributed by atoms with Crippen molar-refractivity contribution in [1.29, 1.82) is 10.7 Å². The molecule has 0 aliphatic heterocycles. The van der Waals surface area contributed by atoms with Gasteiger partial charge in [-0.05, 0) is 65.4 Å². The van der Waals surface area contributed by atoms with Crippen molar-refractivity contribution in [3.8, 4) is 17.6 Å². The maximum absolute atomic E-state index is 11.0. The minimum atomic E-state index is -0.728. The standard InChI is InChI=1S/C26H22N2O4.CH4O/c27-14-17-1-5-20(6-2-17)25(28)16-32-21-9-3-18(4-10-21)15-31-22-11-7-19(8-12-22)23-13-24(23)26(29)30;1-2/h1-12,23-24,28H,13,15-16H2,(H,29,30);2H,1H3. The van der Waals surface area contributed by atoms with Crippen LogP contribution in [0, 0.1) is 22.7 Å². The maximum Gasteiger partial charge on any atom is 0.307 e. The van der Waals surface area contributed by atoms with Gasteiger partial charge in [0.2, 0.25) is 0 Å². The van der Waals surface area contributed by atoms with E-state index in [1.54, 1.807) is 24.3 Å². The summed E-state index contributed by atoms with van der Waals surface area (Å²) in [5.74, 6) is 0.531. The quantitative estimate of drug-likeness (QED) is 0.409. The maximum atomic E-state index is 11.0. The number of carbonyl (C=O) groups is 1. The van der Waals surface area contributed by atoms with Crippen LogP contribution >= 0.6 is 0 Å². The Morgan fingerprint density at radius 3 is 2.12 bits per heavy atom. The van der Waals surface area contributed by atoms with Crippen molar-refractivity contribution in [2.75, 3.05) is 13.7 Å². The van der Waals surface area contributed by atoms with Gasteiger partial charge in [-0.1, -0.05) is 36.4 Å². The van der Waals surface area contributed by atoms with Gasteiger partial charge in [0.05, 0.1) is 23.3 Å². The number of nitrogens with one attached hydrogen (secondary N) is 1. The largest absolute Gasteiger partial charge is 0.489 e. The van der Waals surface area contributed by atoms with Crippen molar-refractivity contribution in [3.05, 3.63) is 95.1 Å². The topological polar surface area (TPSA) is 124 Å². The second-order valence-electron chi connectivity index (χ2n) is 7.74. The molecule has 1 aliphatic rings. The lowest BCUT2D eigenvalue weighted by molar-refractivity contribution is -0.138. The monoisotopic (exact) mass is 458 g/mol. The van der Waals surface area contributed by atoms with E-state index in [-0.39, 0.29) is 18.4 Å². The highest BCUT2D eigenvalue weighted by atomic mass is 16.5. The van der Waals surface area contributed by atoms with E-state index in [1.807, 2.05) is 48.5 Å². The van der Waals surface area contributed by atoms with E-state index in [0.717, 1.165) is 29.5 Å². The fourth-order valence-corrected chi connectivity index (χ4v) is 3.48. The Morgan fingerprint density at radius 1 is 0.971 bits per heavy atom. The first-order chi connectivity index (χ1) is 16.5. The molecule has 0 heterocycles. The molecule has 1 aliphatic carbocycles. The molecule has 2 atom stereocenters. The van der Waals surface area contributed by atoms with Gasteiger partial charge in [-0.15, -0.1) is 0 Å². The van der Waals surface area contributed by atoms with E-state index in [4.69, 9.17) is 30.4 Å². The van der Waals surface area contributed by atoms with Crippen molar-refractivity contribution in [2.24, 2.45) is 5.92 Å². The number of ether oxygens (including phenoxy) is 2. The van der Waals surface area contributed by atoms with Gasteiger partial charge < -0.3 is 25.1 Å². The average molecular weight is 459 g/mol. The number of aliphatic carboxylic acids is 1. The summed E-state index contributed by atoms with van der Waals surface area (Å²) in [4.78, 5) is 11.0. The number of nitriles is 1. The number of carboxylic acids is 1. The van der Waals surface area contributed by atoms with Gasteiger partial charge in [-0.3, -0.25) is 4.79 Å². The number of aliphatic hydroxyl groups excluding tert-OH is 1. The van der Waals surface area contributed by atoms with Crippen LogP contribution in [0.1, 0.15) is 34.6 Å². The van der Waals surface area contributed by atoms with Gasteiger partial charge >= 0.3 is 5.97 Å². The van der Waals surface area contributed by atoms with Crippen LogP contribution in [0.25, 0.3) is 0 Å². The molecule has 0 aromatic heterocycles. The second-order valence-corrected chi connectivity index (χ2v) is 7.74. The predicted molar refractivity (Wildman–Crippen MR) is 127 cm³/mol. The minimum Gasteiger partial charge on any atom is -0.489 e. The lowest BCUT2D eigenvalue weighted by Gasteiger charge is -2.10. The first-order valence-corrected chi connectivity index (χ1v) is 10.7. The summed E-state index contributed by atoms with van der Waals surface area (Å²) in [6, 6.07) is 24.0. The summed E-state index contributed by atoms with van der Waals surface area (Å²) in [6.45, 7) is 0.541.